The van der Waals surface area contributed by atoms with Crippen LogP contribution in [0, 0.1) is 10.1 Å². The topological polar surface area (TPSA) is 101 Å². The molecule has 1 aliphatic rings. The molecule has 2 aromatic carbocycles. The number of sulfonamides is 1. The third-order valence-electron chi connectivity index (χ3n) is 4.84. The minimum Gasteiger partial charge on any atom is -0.300 e. The van der Waals surface area contributed by atoms with Crippen molar-refractivity contribution in [2.24, 2.45) is 0 Å². The number of hydrogen-bond acceptors (Lipinski definition) is 6. The molecule has 162 valence electrons. The number of ketones is 1. The zero-order chi connectivity index (χ0) is 21.0. The fourth-order valence-corrected chi connectivity index (χ4v) is 4.81. The average molecular weight is 519 g/mol. The Morgan fingerprint density at radius 2 is 1.57 bits per heavy atom. The Labute approximate surface area is 189 Å². The number of nitrogens with zero attached hydrogens (tertiary/aromatic N) is 3. The number of carbonyl (C=O) groups excluding carboxylic acids is 1. The van der Waals surface area contributed by atoms with Gasteiger partial charge in [0.1, 0.15) is 0 Å². The summed E-state index contributed by atoms with van der Waals surface area (Å²) in [5.41, 5.74) is 0.386. The van der Waals surface area contributed by atoms with E-state index in [1.54, 1.807) is 24.3 Å². The van der Waals surface area contributed by atoms with Gasteiger partial charge in [-0.1, -0.05) is 15.9 Å². The number of benzene rings is 2. The van der Waals surface area contributed by atoms with Crippen LogP contribution in [0.25, 0.3) is 0 Å². The first-order valence-corrected chi connectivity index (χ1v) is 11.3. The van der Waals surface area contributed by atoms with Gasteiger partial charge in [0.25, 0.3) is 5.69 Å². The molecule has 2 aromatic rings. The lowest BCUT2D eigenvalue weighted by molar-refractivity contribution is -0.384. The number of carbonyl (C=O) groups is 1. The molecule has 0 atom stereocenters. The summed E-state index contributed by atoms with van der Waals surface area (Å²) in [5, 5.41) is 10.7. The molecule has 0 unspecified atom stereocenters. The Kier molecular flexibility index (Phi) is 8.51. The molecule has 0 amide bonds. The Bertz CT molecular complexity index is 992. The van der Waals surface area contributed by atoms with Gasteiger partial charge in [0, 0.05) is 61.3 Å². The predicted octanol–water partition coefficient (Wildman–Crippen LogP) is 3.36. The summed E-state index contributed by atoms with van der Waals surface area (Å²) in [4.78, 5) is 24.8. The Balaban J connectivity index is 0.00000320. The van der Waals surface area contributed by atoms with E-state index in [2.05, 4.69) is 20.8 Å². The van der Waals surface area contributed by atoms with Crippen LogP contribution in [0.5, 0.6) is 0 Å². The summed E-state index contributed by atoms with van der Waals surface area (Å²) >= 11 is 3.30. The van der Waals surface area contributed by atoms with Gasteiger partial charge in [-0.25, -0.2) is 8.42 Å². The van der Waals surface area contributed by atoms with Crippen LogP contribution in [0.2, 0.25) is 0 Å². The van der Waals surface area contributed by atoms with Crippen LogP contribution in [0.4, 0.5) is 5.69 Å². The molecular weight excluding hydrogens is 498 g/mol. The molecule has 1 saturated heterocycles. The highest BCUT2D eigenvalue weighted by molar-refractivity contribution is 9.10. The summed E-state index contributed by atoms with van der Waals surface area (Å²) in [6.45, 7) is 2.34. The number of nitro groups is 1. The summed E-state index contributed by atoms with van der Waals surface area (Å²) < 4.78 is 27.7. The van der Waals surface area contributed by atoms with Crippen LogP contribution in [0.15, 0.2) is 57.9 Å². The second kappa shape index (κ2) is 10.5. The third kappa shape index (κ3) is 5.86. The van der Waals surface area contributed by atoms with Crippen molar-refractivity contribution in [2.75, 3.05) is 32.7 Å². The van der Waals surface area contributed by atoms with Crippen LogP contribution in [-0.4, -0.2) is 61.1 Å². The van der Waals surface area contributed by atoms with E-state index in [0.717, 1.165) is 4.47 Å². The van der Waals surface area contributed by atoms with Gasteiger partial charge in [-0.3, -0.25) is 14.9 Å². The second-order valence-electron chi connectivity index (χ2n) is 6.68. The smallest absolute Gasteiger partial charge is 0.269 e. The highest BCUT2D eigenvalue weighted by atomic mass is 79.9. The van der Waals surface area contributed by atoms with Crippen LogP contribution < -0.4 is 0 Å². The fourth-order valence-electron chi connectivity index (χ4n) is 3.12. The summed E-state index contributed by atoms with van der Waals surface area (Å²) in [7, 11) is -3.52. The monoisotopic (exact) mass is 517 g/mol. The second-order valence-corrected chi connectivity index (χ2v) is 9.53. The third-order valence-corrected chi connectivity index (χ3v) is 7.28. The molecule has 8 nitrogen and oxygen atoms in total. The summed E-state index contributed by atoms with van der Waals surface area (Å²) in [6.07, 6.45) is 0.275. The summed E-state index contributed by atoms with van der Waals surface area (Å²) in [6, 6.07) is 12.1. The SMILES string of the molecule is Cl.O=C(CCN1CCN(S(=O)(=O)c2ccc(Br)cc2)CC1)c1ccc([N+](=O)[O-])cc1. The van der Waals surface area contributed by atoms with Gasteiger partial charge < -0.3 is 4.90 Å². The van der Waals surface area contributed by atoms with Crippen molar-refractivity contribution in [1.82, 2.24) is 9.21 Å². The van der Waals surface area contributed by atoms with E-state index < -0.39 is 14.9 Å². The molecule has 0 radical (unpaired) electrons. The van der Waals surface area contributed by atoms with Gasteiger partial charge in [-0.2, -0.15) is 4.31 Å². The molecule has 0 aliphatic carbocycles. The lowest BCUT2D eigenvalue weighted by Crippen LogP contribution is -2.48. The predicted molar refractivity (Wildman–Crippen MR) is 119 cm³/mol. The normalized spacial score (nSPS) is 15.4. The highest BCUT2D eigenvalue weighted by Gasteiger charge is 2.28. The van der Waals surface area contributed by atoms with E-state index in [1.165, 1.54) is 28.6 Å². The molecule has 1 fully saturated rings. The van der Waals surface area contributed by atoms with Crippen molar-refractivity contribution in [3.05, 3.63) is 68.7 Å². The van der Waals surface area contributed by atoms with Gasteiger partial charge in [-0.15, -0.1) is 12.4 Å². The summed E-state index contributed by atoms with van der Waals surface area (Å²) in [5.74, 6) is -0.0928. The number of nitro benzene ring substituents is 1. The molecule has 0 spiro atoms. The standard InChI is InChI=1S/C19H20BrN3O5S.ClH/c20-16-3-7-18(8-4-16)29(27,28)22-13-11-21(12-14-22)10-9-19(24)15-1-5-17(6-2-15)23(25)26;/h1-8H,9-14H2;1H. The largest absolute Gasteiger partial charge is 0.300 e. The van der Waals surface area contributed by atoms with Gasteiger partial charge in [0.15, 0.2) is 5.78 Å². The van der Waals surface area contributed by atoms with E-state index in [-0.39, 0.29) is 35.2 Å². The quantitative estimate of drug-likeness (QED) is 0.316. The molecular formula is C19H21BrClN3O5S. The number of non-ortho nitro benzene ring substituents is 1. The van der Waals surface area contributed by atoms with E-state index in [1.807, 2.05) is 0 Å². The lowest BCUT2D eigenvalue weighted by Gasteiger charge is -2.33. The van der Waals surface area contributed by atoms with Crippen molar-refractivity contribution in [1.29, 1.82) is 0 Å². The molecule has 0 N–H and O–H groups in total. The maximum Gasteiger partial charge on any atom is 0.269 e. The minimum absolute atomic E-state index is 0. The molecule has 30 heavy (non-hydrogen) atoms. The Morgan fingerprint density at radius 3 is 2.10 bits per heavy atom. The molecule has 0 bridgehead atoms. The maximum absolute atomic E-state index is 12.7. The highest BCUT2D eigenvalue weighted by Crippen LogP contribution is 2.20. The van der Waals surface area contributed by atoms with Crippen LogP contribution in [0.3, 0.4) is 0 Å². The van der Waals surface area contributed by atoms with Crippen LogP contribution in [-0.2, 0) is 10.0 Å². The van der Waals surface area contributed by atoms with Crippen molar-refractivity contribution >= 4 is 49.8 Å². The van der Waals surface area contributed by atoms with Gasteiger partial charge in [-0.05, 0) is 36.4 Å². The first-order valence-electron chi connectivity index (χ1n) is 9.03. The van der Waals surface area contributed by atoms with Crippen molar-refractivity contribution in [2.45, 2.75) is 11.3 Å². The number of piperazine rings is 1. The maximum atomic E-state index is 12.7. The van der Waals surface area contributed by atoms with E-state index in [9.17, 15) is 23.3 Å². The molecule has 1 heterocycles. The zero-order valence-corrected chi connectivity index (χ0v) is 19.2. The molecule has 0 saturated carbocycles. The number of Topliss-reactive ketones (excluding diaryl/α,β-unsaturated/α-hetero) is 1. The van der Waals surface area contributed by atoms with Crippen molar-refractivity contribution in [3.63, 3.8) is 0 Å². The molecule has 1 aliphatic heterocycles. The number of rotatable bonds is 7. The Morgan fingerprint density at radius 1 is 1.00 bits per heavy atom. The van der Waals surface area contributed by atoms with Crippen molar-refractivity contribution < 1.29 is 18.1 Å². The fraction of sp³-hybridized carbons (Fsp3) is 0.316. The van der Waals surface area contributed by atoms with Gasteiger partial charge >= 0.3 is 0 Å². The van der Waals surface area contributed by atoms with Gasteiger partial charge in [0.2, 0.25) is 10.0 Å². The number of hydrogen-bond donors (Lipinski definition) is 0. The number of halogens is 2. The average Bonchev–Trinajstić information content (AvgIpc) is 2.72. The molecule has 3 rings (SSSR count). The van der Waals surface area contributed by atoms with Crippen LogP contribution >= 0.6 is 28.3 Å². The Hall–Kier alpha value is -1.85. The van der Waals surface area contributed by atoms with E-state index in [0.29, 0.717) is 38.3 Å². The van der Waals surface area contributed by atoms with E-state index in [4.69, 9.17) is 0 Å². The lowest BCUT2D eigenvalue weighted by atomic mass is 10.1. The van der Waals surface area contributed by atoms with Gasteiger partial charge in [0.05, 0.1) is 9.82 Å². The first kappa shape index (κ1) is 24.4. The minimum atomic E-state index is -3.52. The molecule has 11 heteroatoms. The van der Waals surface area contributed by atoms with Crippen molar-refractivity contribution in [3.8, 4) is 0 Å². The first-order chi connectivity index (χ1) is 13.8. The zero-order valence-electron chi connectivity index (χ0n) is 15.9. The molecule has 0 aromatic heterocycles. The van der Waals surface area contributed by atoms with Crippen LogP contribution in [0.1, 0.15) is 16.8 Å². The van der Waals surface area contributed by atoms with E-state index >= 15 is 0 Å².